The number of imidazole rings is 1. The summed E-state index contributed by atoms with van der Waals surface area (Å²) in [7, 11) is 0. The Bertz CT molecular complexity index is 579. The molecule has 1 aromatic carbocycles. The Labute approximate surface area is 126 Å². The number of nitrogens with one attached hydrogen (secondary N) is 1. The van der Waals surface area contributed by atoms with Gasteiger partial charge in [0.25, 0.3) is 0 Å². The molecule has 1 saturated heterocycles. The van der Waals surface area contributed by atoms with Crippen LogP contribution in [0.2, 0.25) is 0 Å². The fourth-order valence-electron chi connectivity index (χ4n) is 2.95. The smallest absolute Gasteiger partial charge is 0.207 e. The summed E-state index contributed by atoms with van der Waals surface area (Å²) in [6.45, 7) is 7.37. The Morgan fingerprint density at radius 3 is 2.38 bits per heavy atom. The van der Waals surface area contributed by atoms with E-state index in [-0.39, 0.29) is 0 Å². The second-order valence-electron chi connectivity index (χ2n) is 5.67. The highest BCUT2D eigenvalue weighted by Crippen LogP contribution is 2.23. The van der Waals surface area contributed by atoms with E-state index in [2.05, 4.69) is 57.2 Å². The predicted molar refractivity (Wildman–Crippen MR) is 88.5 cm³/mol. The van der Waals surface area contributed by atoms with Gasteiger partial charge in [0.2, 0.25) is 5.95 Å². The maximum absolute atomic E-state index is 4.53. The first-order valence-electron chi connectivity index (χ1n) is 7.93. The number of benzene rings is 1. The lowest BCUT2D eigenvalue weighted by Crippen LogP contribution is -2.29. The van der Waals surface area contributed by atoms with Crippen molar-refractivity contribution in [2.45, 2.75) is 33.1 Å². The highest BCUT2D eigenvalue weighted by atomic mass is 15.2. The molecule has 2 heterocycles. The van der Waals surface area contributed by atoms with Crippen LogP contribution in [-0.2, 0) is 0 Å². The molecule has 21 heavy (non-hydrogen) atoms. The van der Waals surface area contributed by atoms with E-state index in [0.29, 0.717) is 0 Å². The number of piperidine rings is 1. The van der Waals surface area contributed by atoms with Gasteiger partial charge in [0.15, 0.2) is 0 Å². The molecule has 1 aromatic heterocycles. The third-order valence-corrected chi connectivity index (χ3v) is 4.01. The molecule has 0 bridgehead atoms. The van der Waals surface area contributed by atoms with Crippen molar-refractivity contribution in [2.75, 3.05) is 29.9 Å². The van der Waals surface area contributed by atoms with Crippen LogP contribution < -0.4 is 10.2 Å². The highest BCUT2D eigenvalue weighted by Gasteiger charge is 2.11. The van der Waals surface area contributed by atoms with Gasteiger partial charge in [-0.1, -0.05) is 0 Å². The van der Waals surface area contributed by atoms with Gasteiger partial charge < -0.3 is 10.2 Å². The molecule has 2 aromatic rings. The van der Waals surface area contributed by atoms with E-state index in [9.17, 15) is 0 Å². The Morgan fingerprint density at radius 2 is 1.71 bits per heavy atom. The third-order valence-electron chi connectivity index (χ3n) is 4.01. The summed E-state index contributed by atoms with van der Waals surface area (Å²) in [6.07, 6.45) is 6.07. The fourth-order valence-corrected chi connectivity index (χ4v) is 2.95. The first-order valence-corrected chi connectivity index (χ1v) is 7.93. The molecule has 4 nitrogen and oxygen atoms in total. The van der Waals surface area contributed by atoms with Crippen LogP contribution in [0.4, 0.5) is 11.6 Å². The standard InChI is InChI=1S/C17H24N4/c1-3-18-17-19-14(2)13-21(17)16-9-7-15(8-10-16)20-11-5-4-6-12-20/h7-10,13H,3-6,11-12H2,1-2H3,(H,18,19). The van der Waals surface area contributed by atoms with Crippen LogP contribution in [0.15, 0.2) is 30.5 Å². The van der Waals surface area contributed by atoms with E-state index in [1.165, 1.54) is 38.0 Å². The van der Waals surface area contributed by atoms with Gasteiger partial charge in [0.1, 0.15) is 0 Å². The first kappa shape index (κ1) is 14.0. The van der Waals surface area contributed by atoms with E-state index in [0.717, 1.165) is 23.9 Å². The van der Waals surface area contributed by atoms with Crippen molar-refractivity contribution in [1.82, 2.24) is 9.55 Å². The van der Waals surface area contributed by atoms with Crippen LogP contribution >= 0.6 is 0 Å². The summed E-state index contributed by atoms with van der Waals surface area (Å²) in [5, 5.41) is 3.31. The maximum Gasteiger partial charge on any atom is 0.207 e. The molecule has 112 valence electrons. The Morgan fingerprint density at radius 1 is 1.05 bits per heavy atom. The van der Waals surface area contributed by atoms with Crippen LogP contribution in [0.3, 0.4) is 0 Å². The summed E-state index contributed by atoms with van der Waals surface area (Å²) < 4.78 is 2.12. The maximum atomic E-state index is 4.53. The molecule has 3 rings (SSSR count). The number of hydrogen-bond acceptors (Lipinski definition) is 3. The highest BCUT2D eigenvalue weighted by molar-refractivity contribution is 5.53. The largest absolute Gasteiger partial charge is 0.372 e. The molecular weight excluding hydrogens is 260 g/mol. The van der Waals surface area contributed by atoms with Crippen molar-refractivity contribution >= 4 is 11.6 Å². The normalized spacial score (nSPS) is 15.2. The van der Waals surface area contributed by atoms with Gasteiger partial charge in [0, 0.05) is 37.2 Å². The Hall–Kier alpha value is -1.97. The van der Waals surface area contributed by atoms with Gasteiger partial charge in [-0.25, -0.2) is 4.98 Å². The molecule has 0 atom stereocenters. The lowest BCUT2D eigenvalue weighted by atomic mass is 10.1. The van der Waals surface area contributed by atoms with E-state index < -0.39 is 0 Å². The number of rotatable bonds is 4. The lowest BCUT2D eigenvalue weighted by molar-refractivity contribution is 0.578. The summed E-state index contributed by atoms with van der Waals surface area (Å²) in [4.78, 5) is 7.01. The number of aryl methyl sites for hydroxylation is 1. The van der Waals surface area contributed by atoms with E-state index in [1.807, 2.05) is 6.92 Å². The van der Waals surface area contributed by atoms with Crippen LogP contribution in [0.25, 0.3) is 5.69 Å². The van der Waals surface area contributed by atoms with Crippen LogP contribution in [0.5, 0.6) is 0 Å². The molecule has 1 aliphatic heterocycles. The minimum Gasteiger partial charge on any atom is -0.372 e. The average Bonchev–Trinajstić information content (AvgIpc) is 2.89. The molecule has 1 N–H and O–H groups in total. The quantitative estimate of drug-likeness (QED) is 0.931. The Balaban J connectivity index is 1.83. The zero-order chi connectivity index (χ0) is 14.7. The van der Waals surface area contributed by atoms with Gasteiger partial charge >= 0.3 is 0 Å². The van der Waals surface area contributed by atoms with Crippen molar-refractivity contribution < 1.29 is 0 Å². The number of anilines is 2. The van der Waals surface area contributed by atoms with Crippen molar-refractivity contribution in [3.8, 4) is 5.69 Å². The summed E-state index contributed by atoms with van der Waals surface area (Å²) in [6, 6.07) is 8.83. The van der Waals surface area contributed by atoms with Gasteiger partial charge in [-0.3, -0.25) is 4.57 Å². The second kappa shape index (κ2) is 6.20. The molecule has 0 unspecified atom stereocenters. The third kappa shape index (κ3) is 3.04. The van der Waals surface area contributed by atoms with Gasteiger partial charge in [-0.05, 0) is 57.4 Å². The zero-order valence-corrected chi connectivity index (χ0v) is 13.0. The minimum atomic E-state index is 0.877. The second-order valence-corrected chi connectivity index (χ2v) is 5.67. The molecule has 0 radical (unpaired) electrons. The molecule has 0 aliphatic carbocycles. The van der Waals surface area contributed by atoms with Crippen molar-refractivity contribution in [3.63, 3.8) is 0 Å². The van der Waals surface area contributed by atoms with Gasteiger partial charge in [0.05, 0.1) is 5.69 Å². The molecular formula is C17H24N4. The van der Waals surface area contributed by atoms with Crippen molar-refractivity contribution in [1.29, 1.82) is 0 Å². The molecule has 1 aliphatic rings. The summed E-state index contributed by atoms with van der Waals surface area (Å²) in [5.74, 6) is 0.917. The van der Waals surface area contributed by atoms with E-state index in [4.69, 9.17) is 0 Å². The van der Waals surface area contributed by atoms with Gasteiger partial charge in [-0.2, -0.15) is 0 Å². The van der Waals surface area contributed by atoms with Crippen molar-refractivity contribution in [2.24, 2.45) is 0 Å². The van der Waals surface area contributed by atoms with Gasteiger partial charge in [-0.15, -0.1) is 0 Å². The molecule has 1 fully saturated rings. The van der Waals surface area contributed by atoms with Crippen LogP contribution in [-0.4, -0.2) is 29.2 Å². The number of aromatic nitrogens is 2. The average molecular weight is 284 g/mol. The topological polar surface area (TPSA) is 33.1 Å². The monoisotopic (exact) mass is 284 g/mol. The van der Waals surface area contributed by atoms with Crippen LogP contribution in [0, 0.1) is 6.92 Å². The fraction of sp³-hybridized carbons (Fsp3) is 0.471. The molecule has 0 amide bonds. The van der Waals surface area contributed by atoms with Crippen LogP contribution in [0.1, 0.15) is 31.9 Å². The summed E-state index contributed by atoms with van der Waals surface area (Å²) in [5.41, 5.74) is 3.53. The SMILES string of the molecule is CCNc1nc(C)cn1-c1ccc(N2CCCCC2)cc1. The zero-order valence-electron chi connectivity index (χ0n) is 13.0. The minimum absolute atomic E-state index is 0.877. The van der Waals surface area contributed by atoms with E-state index >= 15 is 0 Å². The lowest BCUT2D eigenvalue weighted by Gasteiger charge is -2.28. The molecule has 0 spiro atoms. The molecule has 0 saturated carbocycles. The summed E-state index contributed by atoms with van der Waals surface area (Å²) >= 11 is 0. The van der Waals surface area contributed by atoms with Crippen molar-refractivity contribution in [3.05, 3.63) is 36.2 Å². The first-order chi connectivity index (χ1) is 10.3. The predicted octanol–water partition coefficient (Wildman–Crippen LogP) is 3.60. The Kier molecular flexibility index (Phi) is 4.13. The number of hydrogen-bond donors (Lipinski definition) is 1. The van der Waals surface area contributed by atoms with E-state index in [1.54, 1.807) is 0 Å². The number of nitrogens with zero attached hydrogens (tertiary/aromatic N) is 3. The molecule has 4 heteroatoms.